The van der Waals surface area contributed by atoms with Crippen LogP contribution < -0.4 is 13.7 Å². The molecule has 4 rings (SSSR count). The van der Waals surface area contributed by atoms with E-state index in [4.69, 9.17) is 28.2 Å². The number of aromatic nitrogens is 4. The fourth-order valence-corrected chi connectivity index (χ4v) is 4.41. The van der Waals surface area contributed by atoms with Crippen molar-refractivity contribution in [1.29, 1.82) is 0 Å². The number of methoxy groups -OCH3 is 1. The third-order valence-corrected chi connectivity index (χ3v) is 6.00. The minimum Gasteiger partial charge on any atom is -0.497 e. The first kappa shape index (κ1) is 21.3. The van der Waals surface area contributed by atoms with Crippen LogP contribution in [0, 0.1) is 0 Å². The van der Waals surface area contributed by atoms with E-state index in [9.17, 15) is 13.0 Å². The van der Waals surface area contributed by atoms with Gasteiger partial charge >= 0.3 is 6.55 Å². The third kappa shape index (κ3) is 3.91. The van der Waals surface area contributed by atoms with Crippen LogP contribution in [-0.4, -0.2) is 31.1 Å². The lowest BCUT2D eigenvalue weighted by molar-refractivity contribution is 0.0515. The molecule has 1 aromatic carbocycles. The van der Waals surface area contributed by atoms with Gasteiger partial charge in [-0.3, -0.25) is 9.71 Å². The molecule has 0 bridgehead atoms. The molecule has 3 heterocycles. The number of hydrogen-bond donors (Lipinski definition) is 2. The number of nitrogens with one attached hydrogen (secondary N) is 2. The molecule has 13 heteroatoms. The molecule has 0 saturated carbocycles. The van der Waals surface area contributed by atoms with Crippen molar-refractivity contribution in [1.82, 2.24) is 19.7 Å². The van der Waals surface area contributed by atoms with Gasteiger partial charge in [-0.15, -0.1) is 0 Å². The van der Waals surface area contributed by atoms with Gasteiger partial charge in [-0.25, -0.2) is 4.21 Å². The molecule has 0 aliphatic heterocycles. The Morgan fingerprint density at radius 2 is 2.13 bits per heavy atom. The van der Waals surface area contributed by atoms with Gasteiger partial charge in [-0.05, 0) is 12.1 Å². The summed E-state index contributed by atoms with van der Waals surface area (Å²) in [5.41, 5.74) is 1.68. The smallest absolute Gasteiger partial charge is 0.336 e. The Labute approximate surface area is 186 Å². The van der Waals surface area contributed by atoms with Crippen molar-refractivity contribution in [3.63, 3.8) is 0 Å². The van der Waals surface area contributed by atoms with Crippen LogP contribution in [0.25, 0.3) is 22.2 Å². The van der Waals surface area contributed by atoms with Crippen LogP contribution in [-0.2, 0) is 11.0 Å². The topological polar surface area (TPSA) is 94.1 Å². The predicted molar refractivity (Wildman–Crippen MR) is 113 cm³/mol. The molecular weight excluding hydrogens is 475 g/mol. The molecule has 8 nitrogen and oxygen atoms in total. The molecule has 2 N–H and O–H groups in total. The lowest BCUT2D eigenvalue weighted by atomic mass is 10.1. The molecule has 0 saturated heterocycles. The van der Waals surface area contributed by atoms with Gasteiger partial charge in [0, 0.05) is 29.4 Å². The van der Waals surface area contributed by atoms with Crippen LogP contribution in [0.1, 0.15) is 6.55 Å². The third-order valence-electron chi connectivity index (χ3n) is 4.40. The first-order valence-electron chi connectivity index (χ1n) is 8.57. The standard InChI is InChI=1S/C18H13Cl2F2N5O3S/c1-29-9-4-5-23-12(6-9)15-11(19)3-2-10-14(8-24-16(10)15)31(28)26-13-7-25-27(18(21)22)17(13)30-20/h2-8,18,24,26H,1H3. The zero-order valence-corrected chi connectivity index (χ0v) is 17.9. The van der Waals surface area contributed by atoms with Crippen LogP contribution in [0.2, 0.25) is 5.02 Å². The van der Waals surface area contributed by atoms with E-state index in [-0.39, 0.29) is 10.4 Å². The van der Waals surface area contributed by atoms with Crippen molar-refractivity contribution in [2.45, 2.75) is 11.4 Å². The molecule has 0 fully saturated rings. The highest BCUT2D eigenvalue weighted by Crippen LogP contribution is 2.37. The number of rotatable bonds is 7. The number of anilines is 1. The second-order valence-electron chi connectivity index (χ2n) is 6.11. The Hall–Kier alpha value is -2.89. The van der Waals surface area contributed by atoms with Crippen molar-refractivity contribution < 1.29 is 22.0 Å². The van der Waals surface area contributed by atoms with E-state index >= 15 is 0 Å². The number of ether oxygens (including phenoxy) is 1. The molecule has 31 heavy (non-hydrogen) atoms. The Morgan fingerprint density at radius 1 is 1.32 bits per heavy atom. The summed E-state index contributed by atoms with van der Waals surface area (Å²) in [7, 11) is -0.334. The van der Waals surface area contributed by atoms with Crippen molar-refractivity contribution in [3.8, 4) is 22.9 Å². The molecule has 0 aliphatic carbocycles. The van der Waals surface area contributed by atoms with Gasteiger partial charge in [-0.1, -0.05) is 17.7 Å². The molecule has 0 amide bonds. The van der Waals surface area contributed by atoms with E-state index in [1.165, 1.54) is 13.3 Å². The minimum atomic E-state index is -2.98. The van der Waals surface area contributed by atoms with Crippen LogP contribution in [0.5, 0.6) is 11.6 Å². The van der Waals surface area contributed by atoms with Gasteiger partial charge in [0.05, 0.1) is 34.4 Å². The van der Waals surface area contributed by atoms with Crippen LogP contribution >= 0.6 is 23.5 Å². The monoisotopic (exact) mass is 487 g/mol. The molecule has 1 atom stereocenters. The zero-order valence-electron chi connectivity index (χ0n) is 15.6. The molecule has 1 unspecified atom stereocenters. The van der Waals surface area contributed by atoms with Gasteiger partial charge in [0.25, 0.3) is 5.88 Å². The number of nitrogens with zero attached hydrogens (tertiary/aromatic N) is 3. The van der Waals surface area contributed by atoms with Crippen molar-refractivity contribution >= 4 is 51.0 Å². The van der Waals surface area contributed by atoms with Crippen molar-refractivity contribution in [2.24, 2.45) is 0 Å². The Balaban J connectivity index is 1.74. The highest BCUT2D eigenvalue weighted by Gasteiger charge is 2.22. The maximum atomic E-state index is 13.0. The number of H-pyrrole nitrogens is 1. The average Bonchev–Trinajstić information content (AvgIpc) is 3.37. The Kier molecular flexibility index (Phi) is 5.99. The molecule has 0 spiro atoms. The summed E-state index contributed by atoms with van der Waals surface area (Å²) >= 11 is 11.7. The average molecular weight is 488 g/mol. The maximum Gasteiger partial charge on any atom is 0.336 e. The van der Waals surface area contributed by atoms with Crippen LogP contribution in [0.4, 0.5) is 14.5 Å². The normalized spacial score (nSPS) is 12.3. The van der Waals surface area contributed by atoms with Crippen molar-refractivity contribution in [2.75, 3.05) is 11.8 Å². The molecule has 4 aromatic rings. The van der Waals surface area contributed by atoms with E-state index in [0.717, 1.165) is 6.20 Å². The summed E-state index contributed by atoms with van der Waals surface area (Å²) in [6, 6.07) is 6.76. The van der Waals surface area contributed by atoms with E-state index < -0.39 is 23.4 Å². The minimum absolute atomic E-state index is 0.0633. The summed E-state index contributed by atoms with van der Waals surface area (Å²) in [6.07, 6.45) is 4.15. The van der Waals surface area contributed by atoms with Gasteiger partial charge in [0.1, 0.15) is 23.3 Å². The SMILES string of the molecule is COc1ccnc(-c2c(Cl)ccc3c(S(=O)Nc4cnn(C(F)F)c4OCl)c[nH]c23)c1. The summed E-state index contributed by atoms with van der Waals surface area (Å²) in [5.74, 6) is 0.133. The second kappa shape index (κ2) is 8.69. The van der Waals surface area contributed by atoms with Gasteiger partial charge < -0.3 is 14.0 Å². The molecule has 3 aromatic heterocycles. The van der Waals surface area contributed by atoms with Crippen LogP contribution in [0.3, 0.4) is 0 Å². The number of aromatic amines is 1. The zero-order chi connectivity index (χ0) is 22.1. The Morgan fingerprint density at radius 3 is 2.84 bits per heavy atom. The summed E-state index contributed by atoms with van der Waals surface area (Å²) in [4.78, 5) is 7.75. The highest BCUT2D eigenvalue weighted by atomic mass is 35.5. The Bertz CT molecular complexity index is 1280. The molecule has 0 radical (unpaired) electrons. The lowest BCUT2D eigenvalue weighted by Crippen LogP contribution is -2.06. The first-order valence-corrected chi connectivity index (χ1v) is 10.4. The van der Waals surface area contributed by atoms with Crippen LogP contribution in [0.15, 0.2) is 47.8 Å². The fourth-order valence-electron chi connectivity index (χ4n) is 3.02. The number of fused-ring (bicyclic) bond motifs is 1. The number of alkyl halides is 2. The quantitative estimate of drug-likeness (QED) is 0.375. The van der Waals surface area contributed by atoms with E-state index in [0.29, 0.717) is 37.8 Å². The number of benzene rings is 1. The molecular formula is C18H13Cl2F2N5O3S. The number of pyridine rings is 1. The first-order chi connectivity index (χ1) is 14.9. The summed E-state index contributed by atoms with van der Waals surface area (Å²) in [5, 5.41) is 4.49. The predicted octanol–water partition coefficient (Wildman–Crippen LogP) is 5.15. The highest BCUT2D eigenvalue weighted by molar-refractivity contribution is 7.86. The van der Waals surface area contributed by atoms with Crippen molar-refractivity contribution in [3.05, 3.63) is 47.9 Å². The summed E-state index contributed by atoms with van der Waals surface area (Å²) < 4.78 is 51.4. The van der Waals surface area contributed by atoms with Gasteiger partial charge in [0.2, 0.25) is 0 Å². The lowest BCUT2D eigenvalue weighted by Gasteiger charge is -2.09. The fraction of sp³-hybridized carbons (Fsp3) is 0.111. The van der Waals surface area contributed by atoms with E-state index in [1.807, 2.05) is 0 Å². The number of halogens is 4. The van der Waals surface area contributed by atoms with E-state index in [1.54, 1.807) is 30.5 Å². The largest absolute Gasteiger partial charge is 0.497 e. The number of hydrogen-bond acceptors (Lipinski definition) is 5. The molecule has 0 aliphatic rings. The molecule has 162 valence electrons. The van der Waals surface area contributed by atoms with Gasteiger partial charge in [0.15, 0.2) is 11.0 Å². The second-order valence-corrected chi connectivity index (χ2v) is 7.86. The van der Waals surface area contributed by atoms with Gasteiger partial charge in [-0.2, -0.15) is 18.6 Å². The summed E-state index contributed by atoms with van der Waals surface area (Å²) in [6.45, 7) is -2.98. The van der Waals surface area contributed by atoms with E-state index in [2.05, 4.69) is 24.1 Å². The maximum absolute atomic E-state index is 13.0.